The van der Waals surface area contributed by atoms with Crippen molar-refractivity contribution in [1.82, 2.24) is 10.2 Å². The number of alkyl halides is 3. The fraction of sp³-hybridized carbons (Fsp3) is 0.727. The summed E-state index contributed by atoms with van der Waals surface area (Å²) in [6, 6.07) is -1.000. The molecule has 0 aliphatic rings. The zero-order valence-electron chi connectivity index (χ0n) is 11.4. The molecule has 0 radical (unpaired) electrons. The van der Waals surface area contributed by atoms with Gasteiger partial charge in [0.25, 0.3) is 0 Å². The molecule has 3 amide bonds. The van der Waals surface area contributed by atoms with Crippen molar-refractivity contribution in [3.63, 3.8) is 0 Å². The monoisotopic (exact) mass is 298 g/mol. The number of aliphatic carboxylic acids is 1. The maximum absolute atomic E-state index is 12.0. The second-order valence-electron chi connectivity index (χ2n) is 5.01. The van der Waals surface area contributed by atoms with E-state index >= 15 is 0 Å². The lowest BCUT2D eigenvalue weighted by atomic mass is 9.89. The van der Waals surface area contributed by atoms with Crippen LogP contribution in [0.5, 0.6) is 0 Å². The van der Waals surface area contributed by atoms with Crippen LogP contribution in [0.15, 0.2) is 0 Å². The molecule has 0 aromatic heterocycles. The van der Waals surface area contributed by atoms with Crippen molar-refractivity contribution in [1.29, 1.82) is 0 Å². The molecule has 0 aromatic rings. The van der Waals surface area contributed by atoms with Gasteiger partial charge in [0.15, 0.2) is 0 Å². The minimum atomic E-state index is -4.40. The summed E-state index contributed by atoms with van der Waals surface area (Å²) in [5, 5.41) is 10.7. The Labute approximate surface area is 113 Å². The van der Waals surface area contributed by atoms with Crippen molar-refractivity contribution >= 4 is 17.9 Å². The second-order valence-corrected chi connectivity index (χ2v) is 5.01. The fourth-order valence-electron chi connectivity index (χ4n) is 1.13. The van der Waals surface area contributed by atoms with Crippen molar-refractivity contribution in [2.75, 3.05) is 13.6 Å². The van der Waals surface area contributed by atoms with E-state index in [0.717, 1.165) is 7.05 Å². The van der Waals surface area contributed by atoms with Crippen LogP contribution in [-0.4, -0.2) is 47.7 Å². The maximum Gasteiger partial charge on any atom is 0.390 e. The number of imide groups is 1. The van der Waals surface area contributed by atoms with E-state index in [4.69, 9.17) is 5.11 Å². The van der Waals surface area contributed by atoms with Gasteiger partial charge in [0.1, 0.15) is 0 Å². The second kappa shape index (κ2) is 6.58. The zero-order chi connectivity index (χ0) is 16.1. The lowest BCUT2D eigenvalue weighted by Gasteiger charge is -2.21. The molecule has 0 saturated heterocycles. The number of amides is 3. The number of nitrogens with zero attached hydrogens (tertiary/aromatic N) is 1. The third kappa shape index (κ3) is 6.95. The van der Waals surface area contributed by atoms with Gasteiger partial charge in [-0.3, -0.25) is 14.9 Å². The van der Waals surface area contributed by atoms with E-state index in [1.165, 1.54) is 13.8 Å². The number of hydrogen-bond donors (Lipinski definition) is 2. The lowest BCUT2D eigenvalue weighted by molar-refractivity contribution is -0.149. The van der Waals surface area contributed by atoms with Crippen LogP contribution in [0, 0.1) is 5.41 Å². The van der Waals surface area contributed by atoms with Gasteiger partial charge in [-0.05, 0) is 13.8 Å². The Morgan fingerprint density at radius 3 is 2.10 bits per heavy atom. The average Bonchev–Trinajstić information content (AvgIpc) is 2.23. The lowest BCUT2D eigenvalue weighted by Crippen LogP contribution is -2.43. The summed E-state index contributed by atoms with van der Waals surface area (Å²) in [7, 11) is 1.11. The van der Waals surface area contributed by atoms with Crippen molar-refractivity contribution in [3.05, 3.63) is 0 Å². The molecule has 9 heteroatoms. The Hall–Kier alpha value is -1.80. The molecule has 0 saturated carbocycles. The van der Waals surface area contributed by atoms with Gasteiger partial charge in [-0.2, -0.15) is 13.2 Å². The minimum absolute atomic E-state index is 0.457. The van der Waals surface area contributed by atoms with Crippen LogP contribution in [0.4, 0.5) is 18.0 Å². The highest BCUT2D eigenvalue weighted by Crippen LogP contribution is 2.20. The number of carboxylic acid groups (broad SMARTS) is 1. The first-order valence-electron chi connectivity index (χ1n) is 5.70. The van der Waals surface area contributed by atoms with E-state index in [1.807, 2.05) is 5.32 Å². The van der Waals surface area contributed by atoms with Crippen molar-refractivity contribution < 1.29 is 32.7 Å². The van der Waals surface area contributed by atoms with E-state index in [2.05, 4.69) is 0 Å². The number of carboxylic acids is 1. The van der Waals surface area contributed by atoms with Crippen LogP contribution in [0.3, 0.4) is 0 Å². The van der Waals surface area contributed by atoms with Crippen LogP contribution < -0.4 is 5.32 Å². The molecule has 0 unspecified atom stereocenters. The summed E-state index contributed by atoms with van der Waals surface area (Å²) in [6.07, 6.45) is -6.04. The topological polar surface area (TPSA) is 86.7 Å². The number of carbonyl (C=O) groups is 3. The molecule has 116 valence electrons. The Bertz CT molecular complexity index is 394. The summed E-state index contributed by atoms with van der Waals surface area (Å²) >= 11 is 0. The molecule has 6 nitrogen and oxygen atoms in total. The fourth-order valence-corrected chi connectivity index (χ4v) is 1.13. The predicted octanol–water partition coefficient (Wildman–Crippen LogP) is 1.61. The molecule has 0 atom stereocenters. The number of urea groups is 1. The van der Waals surface area contributed by atoms with Crippen LogP contribution in [0.2, 0.25) is 0 Å². The SMILES string of the molecule is CN(CCC(F)(F)F)C(=O)NC(=O)CC(C)(C)C(=O)O. The molecule has 0 fully saturated rings. The van der Waals surface area contributed by atoms with Gasteiger partial charge in [-0.15, -0.1) is 0 Å². The predicted molar refractivity (Wildman–Crippen MR) is 62.9 cm³/mol. The van der Waals surface area contributed by atoms with Gasteiger partial charge in [0.2, 0.25) is 5.91 Å². The van der Waals surface area contributed by atoms with Crippen LogP contribution in [-0.2, 0) is 9.59 Å². The van der Waals surface area contributed by atoms with Crippen LogP contribution >= 0.6 is 0 Å². The van der Waals surface area contributed by atoms with Gasteiger partial charge < -0.3 is 10.0 Å². The largest absolute Gasteiger partial charge is 0.481 e. The standard InChI is InChI=1S/C11H17F3N2O4/c1-10(2,8(18)19)6-7(17)15-9(20)16(3)5-4-11(12,13)14/h4-6H2,1-3H3,(H,18,19)(H,15,17,20). The van der Waals surface area contributed by atoms with Crippen molar-refractivity contribution in [2.45, 2.75) is 32.9 Å². The molecule has 0 bridgehead atoms. The quantitative estimate of drug-likeness (QED) is 0.807. The normalized spacial score (nSPS) is 11.9. The molecule has 20 heavy (non-hydrogen) atoms. The molecular weight excluding hydrogens is 281 g/mol. The highest BCUT2D eigenvalue weighted by atomic mass is 19.4. The van der Waals surface area contributed by atoms with Gasteiger partial charge in [0, 0.05) is 20.0 Å². The summed E-state index contributed by atoms with van der Waals surface area (Å²) in [5.41, 5.74) is -1.37. The number of hydrogen-bond acceptors (Lipinski definition) is 3. The Balaban J connectivity index is 4.33. The third-order valence-electron chi connectivity index (χ3n) is 2.51. The smallest absolute Gasteiger partial charge is 0.390 e. The van der Waals surface area contributed by atoms with E-state index < -0.39 is 48.9 Å². The average molecular weight is 298 g/mol. The molecule has 0 spiro atoms. The molecule has 0 aromatic carbocycles. The van der Waals surface area contributed by atoms with Crippen LogP contribution in [0.25, 0.3) is 0 Å². The highest BCUT2D eigenvalue weighted by Gasteiger charge is 2.32. The van der Waals surface area contributed by atoms with Gasteiger partial charge in [-0.1, -0.05) is 0 Å². The van der Waals surface area contributed by atoms with Crippen LogP contribution in [0.1, 0.15) is 26.7 Å². The molecule has 0 aliphatic carbocycles. The Morgan fingerprint density at radius 1 is 1.20 bits per heavy atom. The van der Waals surface area contributed by atoms with Crippen molar-refractivity contribution in [2.24, 2.45) is 5.41 Å². The first kappa shape index (κ1) is 18.2. The first-order valence-corrected chi connectivity index (χ1v) is 5.70. The van der Waals surface area contributed by atoms with Gasteiger partial charge in [0.05, 0.1) is 11.8 Å². The third-order valence-corrected chi connectivity index (χ3v) is 2.51. The van der Waals surface area contributed by atoms with E-state index in [9.17, 15) is 27.6 Å². The molecular formula is C11H17F3N2O4. The van der Waals surface area contributed by atoms with Crippen molar-refractivity contribution in [3.8, 4) is 0 Å². The number of carbonyl (C=O) groups excluding carboxylic acids is 2. The number of rotatable bonds is 5. The summed E-state index contributed by atoms with van der Waals surface area (Å²) < 4.78 is 35.9. The number of nitrogens with one attached hydrogen (secondary N) is 1. The van der Waals surface area contributed by atoms with E-state index in [1.54, 1.807) is 0 Å². The van der Waals surface area contributed by atoms with E-state index in [0.29, 0.717) is 4.90 Å². The maximum atomic E-state index is 12.0. The molecule has 0 aliphatic heterocycles. The molecule has 0 rings (SSSR count). The van der Waals surface area contributed by atoms with Gasteiger partial charge in [-0.25, -0.2) is 4.79 Å². The first-order chi connectivity index (χ1) is 8.85. The Morgan fingerprint density at radius 2 is 1.70 bits per heavy atom. The summed E-state index contributed by atoms with van der Waals surface area (Å²) in [5.74, 6) is -2.08. The number of halogens is 3. The molecule has 0 heterocycles. The molecule has 2 N–H and O–H groups in total. The summed E-state index contributed by atoms with van der Waals surface area (Å²) in [6.45, 7) is 2.00. The Kier molecular flexibility index (Phi) is 5.98. The van der Waals surface area contributed by atoms with Gasteiger partial charge >= 0.3 is 18.2 Å². The zero-order valence-corrected chi connectivity index (χ0v) is 11.4. The van der Waals surface area contributed by atoms with E-state index in [-0.39, 0.29) is 0 Å². The minimum Gasteiger partial charge on any atom is -0.481 e. The highest BCUT2D eigenvalue weighted by molar-refractivity contribution is 5.96. The summed E-state index contributed by atoms with van der Waals surface area (Å²) in [4.78, 5) is 34.3.